The van der Waals surface area contributed by atoms with E-state index in [4.69, 9.17) is 5.73 Å². The molecule has 82 valence electrons. The molecule has 0 fully saturated rings. The van der Waals surface area contributed by atoms with Crippen LogP contribution in [0.15, 0.2) is 24.5 Å². The van der Waals surface area contributed by atoms with E-state index in [9.17, 15) is 4.79 Å². The maximum Gasteiger partial charge on any atom is 0.218 e. The molecule has 2 N–H and O–H groups in total. The Morgan fingerprint density at radius 2 is 2.33 bits per heavy atom. The summed E-state index contributed by atoms with van der Waals surface area (Å²) in [5.41, 5.74) is 6.35. The average Bonchev–Trinajstić information content (AvgIpc) is 2.15. The third kappa shape index (κ3) is 4.83. The molecular formula is C11H16N2OS. The highest BCUT2D eigenvalue weighted by atomic mass is 32.2. The van der Waals surface area contributed by atoms with Crippen LogP contribution in [0.1, 0.15) is 25.8 Å². The molecule has 0 atom stereocenters. The Hall–Kier alpha value is -1.03. The van der Waals surface area contributed by atoms with Gasteiger partial charge in [-0.2, -0.15) is 11.8 Å². The molecule has 0 aliphatic carbocycles. The fourth-order valence-corrected chi connectivity index (χ4v) is 2.21. The zero-order chi connectivity index (χ0) is 11.3. The zero-order valence-corrected chi connectivity index (χ0v) is 9.88. The number of aromatic nitrogens is 1. The highest BCUT2D eigenvalue weighted by molar-refractivity contribution is 7.99. The number of carbonyl (C=O) groups is 1. The van der Waals surface area contributed by atoms with E-state index in [0.29, 0.717) is 6.42 Å². The summed E-state index contributed by atoms with van der Waals surface area (Å²) in [6.45, 7) is 4.05. The second-order valence-electron chi connectivity index (χ2n) is 4.05. The first kappa shape index (κ1) is 12.0. The second-order valence-corrected chi connectivity index (χ2v) is 5.74. The fourth-order valence-electron chi connectivity index (χ4n) is 1.23. The van der Waals surface area contributed by atoms with Crippen molar-refractivity contribution in [1.82, 2.24) is 4.98 Å². The van der Waals surface area contributed by atoms with Crippen molar-refractivity contribution < 1.29 is 4.79 Å². The van der Waals surface area contributed by atoms with Crippen LogP contribution >= 0.6 is 11.8 Å². The largest absolute Gasteiger partial charge is 0.370 e. The van der Waals surface area contributed by atoms with Gasteiger partial charge in [0.1, 0.15) is 0 Å². The van der Waals surface area contributed by atoms with Gasteiger partial charge in [-0.25, -0.2) is 0 Å². The number of carbonyl (C=O) groups excluding carboxylic acids is 1. The lowest BCUT2D eigenvalue weighted by molar-refractivity contribution is -0.118. The van der Waals surface area contributed by atoms with E-state index in [-0.39, 0.29) is 10.7 Å². The van der Waals surface area contributed by atoms with E-state index < -0.39 is 0 Å². The molecule has 0 radical (unpaired) electrons. The monoisotopic (exact) mass is 224 g/mol. The van der Waals surface area contributed by atoms with Gasteiger partial charge in [-0.3, -0.25) is 9.78 Å². The molecule has 1 aromatic rings. The standard InChI is InChI=1S/C11H16N2OS/c1-11(2,6-10(12)14)15-8-9-4-3-5-13-7-9/h3-5,7H,6,8H2,1-2H3,(H2,12,14). The Bertz CT molecular complexity index is 325. The first-order chi connectivity index (χ1) is 6.99. The van der Waals surface area contributed by atoms with Crippen LogP contribution in [0.3, 0.4) is 0 Å². The molecule has 0 saturated carbocycles. The van der Waals surface area contributed by atoms with E-state index in [0.717, 1.165) is 5.75 Å². The number of primary amides is 1. The maximum atomic E-state index is 10.8. The SMILES string of the molecule is CC(C)(CC(N)=O)SCc1cccnc1. The first-order valence-corrected chi connectivity index (χ1v) is 5.79. The molecule has 0 saturated heterocycles. The summed E-state index contributed by atoms with van der Waals surface area (Å²) in [5.74, 6) is 0.604. The molecule has 0 aliphatic heterocycles. The van der Waals surface area contributed by atoms with Crippen LogP contribution in [0, 0.1) is 0 Å². The summed E-state index contributed by atoms with van der Waals surface area (Å²) in [7, 11) is 0. The lowest BCUT2D eigenvalue weighted by Gasteiger charge is -2.22. The van der Waals surface area contributed by atoms with Crippen molar-refractivity contribution in [1.29, 1.82) is 0 Å². The van der Waals surface area contributed by atoms with Gasteiger partial charge in [0.2, 0.25) is 5.91 Å². The molecule has 0 aromatic carbocycles. The Labute approximate surface area is 94.5 Å². The lowest BCUT2D eigenvalue weighted by atomic mass is 10.1. The van der Waals surface area contributed by atoms with E-state index in [2.05, 4.69) is 4.98 Å². The minimum Gasteiger partial charge on any atom is -0.370 e. The molecule has 0 aliphatic rings. The summed E-state index contributed by atoms with van der Waals surface area (Å²) in [6.07, 6.45) is 3.99. The van der Waals surface area contributed by atoms with Crippen molar-refractivity contribution in [2.45, 2.75) is 30.8 Å². The molecule has 1 amide bonds. The molecule has 3 nitrogen and oxygen atoms in total. The smallest absolute Gasteiger partial charge is 0.218 e. The molecule has 0 spiro atoms. The van der Waals surface area contributed by atoms with Gasteiger partial charge in [-0.1, -0.05) is 19.9 Å². The predicted molar refractivity (Wildman–Crippen MR) is 63.4 cm³/mol. The fraction of sp³-hybridized carbons (Fsp3) is 0.455. The van der Waals surface area contributed by atoms with Gasteiger partial charge >= 0.3 is 0 Å². The Balaban J connectivity index is 2.46. The molecule has 4 heteroatoms. The van der Waals surface area contributed by atoms with Crippen molar-refractivity contribution in [3.63, 3.8) is 0 Å². The first-order valence-electron chi connectivity index (χ1n) is 4.81. The van der Waals surface area contributed by atoms with Crippen LogP contribution < -0.4 is 5.73 Å². The summed E-state index contributed by atoms with van der Waals surface area (Å²) >= 11 is 1.72. The van der Waals surface area contributed by atoms with Crippen molar-refractivity contribution in [2.75, 3.05) is 0 Å². The summed E-state index contributed by atoms with van der Waals surface area (Å²) < 4.78 is -0.109. The highest BCUT2D eigenvalue weighted by Gasteiger charge is 2.20. The molecule has 1 rings (SSSR count). The highest BCUT2D eigenvalue weighted by Crippen LogP contribution is 2.30. The molecule has 0 unspecified atom stereocenters. The van der Waals surface area contributed by atoms with Crippen molar-refractivity contribution in [2.24, 2.45) is 5.73 Å². The van der Waals surface area contributed by atoms with E-state index in [1.54, 1.807) is 18.0 Å². The summed E-state index contributed by atoms with van der Waals surface area (Å²) in [4.78, 5) is 14.9. The van der Waals surface area contributed by atoms with Crippen LogP contribution in [0.4, 0.5) is 0 Å². The van der Waals surface area contributed by atoms with Gasteiger partial charge in [0.15, 0.2) is 0 Å². The molecule has 1 heterocycles. The quantitative estimate of drug-likeness (QED) is 0.832. The van der Waals surface area contributed by atoms with Gasteiger partial charge in [-0.15, -0.1) is 0 Å². The number of nitrogens with zero attached hydrogens (tertiary/aromatic N) is 1. The normalized spacial score (nSPS) is 11.3. The maximum absolute atomic E-state index is 10.8. The van der Waals surface area contributed by atoms with E-state index in [1.807, 2.05) is 32.2 Å². The van der Waals surface area contributed by atoms with Crippen molar-refractivity contribution in [3.05, 3.63) is 30.1 Å². The number of amides is 1. The van der Waals surface area contributed by atoms with Crippen LogP contribution in [0.2, 0.25) is 0 Å². The van der Waals surface area contributed by atoms with Crippen LogP contribution in [-0.2, 0) is 10.5 Å². The van der Waals surface area contributed by atoms with Crippen LogP contribution in [-0.4, -0.2) is 15.6 Å². The third-order valence-corrected chi connectivity index (χ3v) is 3.36. The number of thioether (sulfide) groups is 1. The number of hydrogen-bond donors (Lipinski definition) is 1. The van der Waals surface area contributed by atoms with Gasteiger partial charge in [0, 0.05) is 29.3 Å². The summed E-state index contributed by atoms with van der Waals surface area (Å²) in [5, 5.41) is 0. The number of rotatable bonds is 5. The van der Waals surface area contributed by atoms with Gasteiger partial charge in [0.05, 0.1) is 0 Å². The minimum atomic E-state index is -0.251. The minimum absolute atomic E-state index is 0.109. The molecule has 1 aromatic heterocycles. The van der Waals surface area contributed by atoms with Gasteiger partial charge in [-0.05, 0) is 11.6 Å². The topological polar surface area (TPSA) is 56.0 Å². The van der Waals surface area contributed by atoms with Crippen molar-refractivity contribution in [3.8, 4) is 0 Å². The van der Waals surface area contributed by atoms with Crippen molar-refractivity contribution >= 4 is 17.7 Å². The average molecular weight is 224 g/mol. The Kier molecular flexibility index (Phi) is 4.15. The molecule has 15 heavy (non-hydrogen) atoms. The Morgan fingerprint density at radius 1 is 1.60 bits per heavy atom. The second kappa shape index (κ2) is 5.16. The summed E-state index contributed by atoms with van der Waals surface area (Å²) in [6, 6.07) is 3.94. The van der Waals surface area contributed by atoms with Gasteiger partial charge in [0.25, 0.3) is 0 Å². The van der Waals surface area contributed by atoms with Crippen LogP contribution in [0.25, 0.3) is 0 Å². The number of pyridine rings is 1. The third-order valence-electron chi connectivity index (χ3n) is 1.95. The predicted octanol–water partition coefficient (Wildman–Crippen LogP) is 1.97. The molecular weight excluding hydrogens is 208 g/mol. The van der Waals surface area contributed by atoms with Crippen LogP contribution in [0.5, 0.6) is 0 Å². The number of nitrogens with two attached hydrogens (primary N) is 1. The van der Waals surface area contributed by atoms with E-state index in [1.165, 1.54) is 5.56 Å². The number of hydrogen-bond acceptors (Lipinski definition) is 3. The lowest BCUT2D eigenvalue weighted by Crippen LogP contribution is -2.25. The zero-order valence-electron chi connectivity index (χ0n) is 9.06. The van der Waals surface area contributed by atoms with E-state index >= 15 is 0 Å². The Morgan fingerprint density at radius 3 is 2.87 bits per heavy atom. The molecule has 0 bridgehead atoms. The van der Waals surface area contributed by atoms with Gasteiger partial charge < -0.3 is 5.73 Å².